The first-order chi connectivity index (χ1) is 11.5. The van der Waals surface area contributed by atoms with Crippen LogP contribution in [0.25, 0.3) is 0 Å². The Morgan fingerprint density at radius 1 is 1.46 bits per heavy atom. The molecule has 0 spiro atoms. The van der Waals surface area contributed by atoms with Gasteiger partial charge in [-0.25, -0.2) is 4.98 Å². The molecule has 1 N–H and O–H groups in total. The van der Waals surface area contributed by atoms with Crippen molar-refractivity contribution in [2.75, 3.05) is 46.2 Å². The van der Waals surface area contributed by atoms with E-state index < -0.39 is 0 Å². The van der Waals surface area contributed by atoms with Gasteiger partial charge in [0, 0.05) is 47.0 Å². The highest BCUT2D eigenvalue weighted by Crippen LogP contribution is 2.18. The quantitative estimate of drug-likeness (QED) is 0.506. The van der Waals surface area contributed by atoms with E-state index in [1.807, 2.05) is 31.3 Å². The van der Waals surface area contributed by atoms with Gasteiger partial charge in [-0.05, 0) is 30.5 Å². The first kappa shape index (κ1) is 18.0. The van der Waals surface area contributed by atoms with Gasteiger partial charge in [0.1, 0.15) is 5.82 Å². The van der Waals surface area contributed by atoms with Gasteiger partial charge in [-0.3, -0.25) is 9.79 Å². The molecule has 1 fully saturated rings. The van der Waals surface area contributed by atoms with Crippen molar-refractivity contribution in [2.45, 2.75) is 19.4 Å². The monoisotopic (exact) mass is 333 g/mol. The first-order valence-electron chi connectivity index (χ1n) is 8.20. The number of piperidine rings is 1. The van der Waals surface area contributed by atoms with Crippen molar-refractivity contribution in [3.63, 3.8) is 0 Å². The molecule has 1 aromatic heterocycles. The summed E-state index contributed by atoms with van der Waals surface area (Å²) in [6, 6.07) is 4.06. The molecule has 0 saturated carbocycles. The molecule has 0 aliphatic carbocycles. The molecule has 1 aliphatic heterocycles. The Morgan fingerprint density at radius 2 is 2.17 bits per heavy atom. The summed E-state index contributed by atoms with van der Waals surface area (Å²) in [7, 11) is 7.19. The number of guanidine groups is 1. The summed E-state index contributed by atoms with van der Waals surface area (Å²) >= 11 is 0. The van der Waals surface area contributed by atoms with E-state index in [9.17, 15) is 4.79 Å². The van der Waals surface area contributed by atoms with Crippen molar-refractivity contribution >= 4 is 17.7 Å². The number of ether oxygens (including phenoxy) is 1. The van der Waals surface area contributed by atoms with E-state index in [2.05, 4.69) is 26.3 Å². The smallest absolute Gasteiger partial charge is 0.308 e. The van der Waals surface area contributed by atoms with Crippen molar-refractivity contribution in [1.29, 1.82) is 0 Å². The Labute approximate surface area is 143 Å². The molecule has 0 unspecified atom stereocenters. The fourth-order valence-corrected chi connectivity index (χ4v) is 2.82. The molecule has 1 aromatic rings. The number of nitrogens with one attached hydrogen (secondary N) is 1. The molecule has 2 heterocycles. The van der Waals surface area contributed by atoms with E-state index in [0.717, 1.165) is 43.3 Å². The van der Waals surface area contributed by atoms with E-state index in [1.165, 1.54) is 7.11 Å². The van der Waals surface area contributed by atoms with Gasteiger partial charge in [-0.1, -0.05) is 0 Å². The maximum atomic E-state index is 11.6. The SMILES string of the molecule is CN=C(NCc1ccnc(N(C)C)c1)N1CCC(C(=O)OC)CC1. The minimum atomic E-state index is -0.106. The van der Waals surface area contributed by atoms with Crippen LogP contribution in [0.15, 0.2) is 23.3 Å². The number of hydrogen-bond acceptors (Lipinski definition) is 5. The number of aromatic nitrogens is 1. The van der Waals surface area contributed by atoms with Gasteiger partial charge in [0.15, 0.2) is 5.96 Å². The average molecular weight is 333 g/mol. The third-order valence-corrected chi connectivity index (χ3v) is 4.26. The van der Waals surface area contributed by atoms with E-state index >= 15 is 0 Å². The lowest BCUT2D eigenvalue weighted by Crippen LogP contribution is -2.46. The number of nitrogens with zero attached hydrogens (tertiary/aromatic N) is 4. The highest BCUT2D eigenvalue weighted by molar-refractivity contribution is 5.80. The van der Waals surface area contributed by atoms with Crippen molar-refractivity contribution < 1.29 is 9.53 Å². The highest BCUT2D eigenvalue weighted by Gasteiger charge is 2.26. The lowest BCUT2D eigenvalue weighted by atomic mass is 9.97. The summed E-state index contributed by atoms with van der Waals surface area (Å²) in [5.41, 5.74) is 1.15. The molecule has 0 bridgehead atoms. The van der Waals surface area contributed by atoms with Crippen LogP contribution in [0.3, 0.4) is 0 Å². The molecule has 1 aliphatic rings. The van der Waals surface area contributed by atoms with Crippen LogP contribution in [-0.2, 0) is 16.1 Å². The summed E-state index contributed by atoms with van der Waals surface area (Å²) in [5.74, 6) is 1.70. The Kier molecular flexibility index (Phi) is 6.40. The third-order valence-electron chi connectivity index (χ3n) is 4.26. The molecular formula is C17H27N5O2. The number of esters is 1. The second kappa shape index (κ2) is 8.52. The molecule has 7 nitrogen and oxygen atoms in total. The first-order valence-corrected chi connectivity index (χ1v) is 8.20. The van der Waals surface area contributed by atoms with Crippen molar-refractivity contribution in [2.24, 2.45) is 10.9 Å². The van der Waals surface area contributed by atoms with Gasteiger partial charge in [0.25, 0.3) is 0 Å². The fourth-order valence-electron chi connectivity index (χ4n) is 2.82. The summed E-state index contributed by atoms with van der Waals surface area (Å²) in [6.45, 7) is 2.30. The molecular weight excluding hydrogens is 306 g/mol. The number of anilines is 1. The zero-order valence-corrected chi connectivity index (χ0v) is 15.0. The van der Waals surface area contributed by atoms with E-state index in [4.69, 9.17) is 4.74 Å². The number of likely N-dealkylation sites (tertiary alicyclic amines) is 1. The Bertz CT molecular complexity index is 580. The van der Waals surface area contributed by atoms with Gasteiger partial charge in [-0.2, -0.15) is 0 Å². The van der Waals surface area contributed by atoms with E-state index in [-0.39, 0.29) is 11.9 Å². The van der Waals surface area contributed by atoms with Crippen LogP contribution in [0, 0.1) is 5.92 Å². The maximum Gasteiger partial charge on any atom is 0.308 e. The molecule has 7 heteroatoms. The molecule has 0 amide bonds. The molecule has 0 radical (unpaired) electrons. The van der Waals surface area contributed by atoms with Crippen LogP contribution in [0.4, 0.5) is 5.82 Å². The average Bonchev–Trinajstić information content (AvgIpc) is 2.62. The van der Waals surface area contributed by atoms with Crippen LogP contribution < -0.4 is 10.2 Å². The van der Waals surface area contributed by atoms with Crippen LogP contribution in [0.5, 0.6) is 0 Å². The van der Waals surface area contributed by atoms with Crippen molar-refractivity contribution in [3.05, 3.63) is 23.9 Å². The highest BCUT2D eigenvalue weighted by atomic mass is 16.5. The van der Waals surface area contributed by atoms with Crippen molar-refractivity contribution in [1.82, 2.24) is 15.2 Å². The fraction of sp³-hybridized carbons (Fsp3) is 0.588. The number of carbonyl (C=O) groups is 1. The zero-order valence-electron chi connectivity index (χ0n) is 15.0. The summed E-state index contributed by atoms with van der Waals surface area (Å²) in [5, 5.41) is 3.39. The van der Waals surface area contributed by atoms with Crippen LogP contribution in [0.2, 0.25) is 0 Å². The minimum absolute atomic E-state index is 0.00667. The number of rotatable bonds is 4. The second-order valence-corrected chi connectivity index (χ2v) is 6.10. The standard InChI is InChI=1S/C17H27N5O2/c1-18-17(22-9-6-14(7-10-22)16(23)24-4)20-12-13-5-8-19-15(11-13)21(2)3/h5,8,11,14H,6-7,9-10,12H2,1-4H3,(H,18,20). The molecule has 2 rings (SSSR count). The number of carbonyl (C=O) groups excluding carboxylic acids is 1. The van der Waals surface area contributed by atoms with Gasteiger partial charge >= 0.3 is 5.97 Å². The zero-order chi connectivity index (χ0) is 17.5. The number of hydrogen-bond donors (Lipinski definition) is 1. The largest absolute Gasteiger partial charge is 0.469 e. The Morgan fingerprint density at radius 3 is 2.75 bits per heavy atom. The molecule has 1 saturated heterocycles. The van der Waals surface area contributed by atoms with Crippen LogP contribution >= 0.6 is 0 Å². The minimum Gasteiger partial charge on any atom is -0.469 e. The predicted octanol–water partition coefficient (Wildman–Crippen LogP) is 1.11. The molecule has 0 atom stereocenters. The Balaban J connectivity index is 1.89. The molecule has 0 aromatic carbocycles. The summed E-state index contributed by atoms with van der Waals surface area (Å²) in [4.78, 5) is 24.5. The number of aliphatic imine (C=N–C) groups is 1. The lowest BCUT2D eigenvalue weighted by Gasteiger charge is -2.33. The second-order valence-electron chi connectivity index (χ2n) is 6.10. The number of pyridine rings is 1. The molecule has 132 valence electrons. The van der Waals surface area contributed by atoms with Gasteiger partial charge < -0.3 is 19.9 Å². The van der Waals surface area contributed by atoms with Crippen LogP contribution in [0.1, 0.15) is 18.4 Å². The van der Waals surface area contributed by atoms with E-state index in [1.54, 1.807) is 7.05 Å². The topological polar surface area (TPSA) is 70.1 Å². The predicted molar refractivity (Wildman–Crippen MR) is 95.1 cm³/mol. The van der Waals surface area contributed by atoms with E-state index in [0.29, 0.717) is 6.54 Å². The summed E-state index contributed by atoms with van der Waals surface area (Å²) in [6.07, 6.45) is 3.41. The third kappa shape index (κ3) is 4.59. The number of methoxy groups -OCH3 is 1. The summed E-state index contributed by atoms with van der Waals surface area (Å²) < 4.78 is 4.83. The maximum absolute atomic E-state index is 11.6. The van der Waals surface area contributed by atoms with Gasteiger partial charge in [-0.15, -0.1) is 0 Å². The van der Waals surface area contributed by atoms with Gasteiger partial charge in [0.05, 0.1) is 13.0 Å². The normalized spacial score (nSPS) is 16.0. The molecule has 24 heavy (non-hydrogen) atoms. The van der Waals surface area contributed by atoms with Crippen LogP contribution in [-0.4, -0.2) is 63.2 Å². The van der Waals surface area contributed by atoms with Gasteiger partial charge in [0.2, 0.25) is 0 Å². The van der Waals surface area contributed by atoms with Crippen molar-refractivity contribution in [3.8, 4) is 0 Å². The lowest BCUT2D eigenvalue weighted by molar-refractivity contribution is -0.146. The Hall–Kier alpha value is -2.31.